The van der Waals surface area contributed by atoms with Crippen LogP contribution in [0.2, 0.25) is 0 Å². The molecule has 2 unspecified atom stereocenters. The molecule has 118 valence electrons. The number of hydrogen-bond donors (Lipinski definition) is 1. The smallest absolute Gasteiger partial charge is 0.122 e. The molecule has 0 spiro atoms. The second-order valence-electron chi connectivity index (χ2n) is 8.25. The van der Waals surface area contributed by atoms with Gasteiger partial charge in [0.05, 0.1) is 12.3 Å². The second-order valence-corrected chi connectivity index (χ2v) is 8.25. The Morgan fingerprint density at radius 1 is 1.38 bits per heavy atom. The number of nitrogens with one attached hydrogen (secondary N) is 1. The van der Waals surface area contributed by atoms with E-state index in [1.54, 1.807) is 6.26 Å². The third-order valence-electron chi connectivity index (χ3n) is 6.28. The van der Waals surface area contributed by atoms with Crippen molar-refractivity contribution in [3.8, 4) is 0 Å². The highest BCUT2D eigenvalue weighted by Crippen LogP contribution is 2.62. The SMILES string of the molecule is CN(C)C(CNC1C(C)(C)[C@H]2CC[C@]1(C)C2)c1ccco1. The van der Waals surface area contributed by atoms with E-state index < -0.39 is 0 Å². The lowest BCUT2D eigenvalue weighted by atomic mass is 9.68. The molecular formula is C18H30N2O. The molecule has 0 aliphatic heterocycles. The van der Waals surface area contributed by atoms with Gasteiger partial charge in [-0.15, -0.1) is 0 Å². The fraction of sp³-hybridized carbons (Fsp3) is 0.778. The first-order chi connectivity index (χ1) is 9.84. The highest BCUT2D eigenvalue weighted by molar-refractivity contribution is 5.13. The summed E-state index contributed by atoms with van der Waals surface area (Å²) in [5.74, 6) is 1.94. The third kappa shape index (κ3) is 2.44. The fourth-order valence-corrected chi connectivity index (χ4v) is 5.06. The first-order valence-electron chi connectivity index (χ1n) is 8.28. The second kappa shape index (κ2) is 5.13. The van der Waals surface area contributed by atoms with Crippen molar-refractivity contribution in [3.05, 3.63) is 24.2 Å². The zero-order valence-corrected chi connectivity index (χ0v) is 14.1. The third-order valence-corrected chi connectivity index (χ3v) is 6.28. The van der Waals surface area contributed by atoms with Crippen LogP contribution in [-0.4, -0.2) is 31.6 Å². The van der Waals surface area contributed by atoms with Crippen molar-refractivity contribution in [2.75, 3.05) is 20.6 Å². The molecule has 3 rings (SSSR count). The van der Waals surface area contributed by atoms with E-state index in [0.717, 1.165) is 18.2 Å². The van der Waals surface area contributed by atoms with Gasteiger partial charge >= 0.3 is 0 Å². The van der Waals surface area contributed by atoms with Crippen LogP contribution in [0, 0.1) is 16.7 Å². The maximum Gasteiger partial charge on any atom is 0.122 e. The van der Waals surface area contributed by atoms with Gasteiger partial charge in [0.1, 0.15) is 5.76 Å². The van der Waals surface area contributed by atoms with Crippen molar-refractivity contribution < 1.29 is 4.42 Å². The van der Waals surface area contributed by atoms with E-state index in [2.05, 4.69) is 51.1 Å². The van der Waals surface area contributed by atoms with E-state index in [-0.39, 0.29) is 0 Å². The molecule has 1 heterocycles. The summed E-state index contributed by atoms with van der Waals surface area (Å²) >= 11 is 0. The molecule has 1 aromatic rings. The van der Waals surface area contributed by atoms with E-state index in [0.29, 0.717) is 22.9 Å². The summed E-state index contributed by atoms with van der Waals surface area (Å²) in [5, 5.41) is 3.91. The quantitative estimate of drug-likeness (QED) is 0.896. The highest BCUT2D eigenvalue weighted by Gasteiger charge is 2.59. The Bertz CT molecular complexity index is 475. The lowest BCUT2D eigenvalue weighted by Gasteiger charge is -2.44. The van der Waals surface area contributed by atoms with Crippen molar-refractivity contribution in [3.63, 3.8) is 0 Å². The summed E-state index contributed by atoms with van der Waals surface area (Å²) in [6.45, 7) is 8.35. The minimum absolute atomic E-state index is 0.304. The Balaban J connectivity index is 1.72. The summed E-state index contributed by atoms with van der Waals surface area (Å²) in [6.07, 6.45) is 5.96. The molecule has 0 saturated heterocycles. The number of furan rings is 1. The number of rotatable bonds is 5. The van der Waals surface area contributed by atoms with E-state index >= 15 is 0 Å². The van der Waals surface area contributed by atoms with Gasteiger partial charge < -0.3 is 9.73 Å². The monoisotopic (exact) mass is 290 g/mol. The van der Waals surface area contributed by atoms with Gasteiger partial charge in [-0.25, -0.2) is 0 Å². The molecule has 2 saturated carbocycles. The Morgan fingerprint density at radius 2 is 2.14 bits per heavy atom. The van der Waals surface area contributed by atoms with Gasteiger partial charge in [-0.2, -0.15) is 0 Å². The van der Waals surface area contributed by atoms with Crippen LogP contribution < -0.4 is 5.32 Å². The van der Waals surface area contributed by atoms with Gasteiger partial charge in [-0.1, -0.05) is 20.8 Å². The van der Waals surface area contributed by atoms with Gasteiger partial charge in [-0.3, -0.25) is 4.90 Å². The molecule has 3 heteroatoms. The zero-order valence-electron chi connectivity index (χ0n) is 14.1. The average molecular weight is 290 g/mol. The molecule has 0 amide bonds. The van der Waals surface area contributed by atoms with Crippen LogP contribution >= 0.6 is 0 Å². The summed E-state index contributed by atoms with van der Waals surface area (Å²) in [6, 6.07) is 4.98. The van der Waals surface area contributed by atoms with Crippen molar-refractivity contribution in [2.45, 2.75) is 52.1 Å². The van der Waals surface area contributed by atoms with Crippen molar-refractivity contribution >= 4 is 0 Å². The average Bonchev–Trinajstić information content (AvgIpc) is 3.06. The van der Waals surface area contributed by atoms with Crippen molar-refractivity contribution in [1.29, 1.82) is 0 Å². The van der Waals surface area contributed by atoms with Crippen LogP contribution in [0.4, 0.5) is 0 Å². The zero-order chi connectivity index (χ0) is 15.3. The highest BCUT2D eigenvalue weighted by atomic mass is 16.3. The van der Waals surface area contributed by atoms with Gasteiger partial charge in [0, 0.05) is 12.6 Å². The Kier molecular flexibility index (Phi) is 3.69. The molecule has 0 radical (unpaired) electrons. The Hall–Kier alpha value is -0.800. The molecule has 4 atom stereocenters. The maximum absolute atomic E-state index is 5.63. The fourth-order valence-electron chi connectivity index (χ4n) is 5.06. The van der Waals surface area contributed by atoms with Crippen LogP contribution in [0.5, 0.6) is 0 Å². The lowest BCUT2D eigenvalue weighted by Crippen LogP contribution is -2.52. The first kappa shape index (κ1) is 15.1. The summed E-state index contributed by atoms with van der Waals surface area (Å²) in [4.78, 5) is 2.24. The van der Waals surface area contributed by atoms with Crippen LogP contribution in [-0.2, 0) is 0 Å². The number of fused-ring (bicyclic) bond motifs is 2. The minimum atomic E-state index is 0.304. The van der Waals surface area contributed by atoms with Gasteiger partial charge in [0.2, 0.25) is 0 Å². The number of likely N-dealkylation sites (N-methyl/N-ethyl adjacent to an activating group) is 1. The topological polar surface area (TPSA) is 28.4 Å². The largest absolute Gasteiger partial charge is 0.468 e. The lowest BCUT2D eigenvalue weighted by molar-refractivity contribution is 0.0993. The minimum Gasteiger partial charge on any atom is -0.468 e. The molecule has 3 nitrogen and oxygen atoms in total. The van der Waals surface area contributed by atoms with E-state index in [4.69, 9.17) is 4.42 Å². The maximum atomic E-state index is 5.63. The molecule has 2 fully saturated rings. The predicted octanol–water partition coefficient (Wildman–Crippen LogP) is 3.69. The number of nitrogens with zero attached hydrogens (tertiary/aromatic N) is 1. The van der Waals surface area contributed by atoms with Crippen LogP contribution in [0.3, 0.4) is 0 Å². The molecule has 2 bridgehead atoms. The standard InChI is InChI=1S/C18H30N2O/c1-17(2)13-8-9-18(3,11-13)16(17)19-12-14(20(4)5)15-7-6-10-21-15/h6-7,10,13-14,16,19H,8-9,11-12H2,1-5H3/t13-,14?,16?,18+/m0/s1. The summed E-state index contributed by atoms with van der Waals surface area (Å²) in [5.41, 5.74) is 0.890. The molecule has 2 aliphatic rings. The molecule has 2 aliphatic carbocycles. The van der Waals surface area contributed by atoms with Gasteiger partial charge in [-0.05, 0) is 62.2 Å². The molecule has 0 aromatic carbocycles. The Labute approximate surface area is 129 Å². The number of hydrogen-bond acceptors (Lipinski definition) is 3. The molecular weight excluding hydrogens is 260 g/mol. The van der Waals surface area contributed by atoms with Crippen molar-refractivity contribution in [2.24, 2.45) is 16.7 Å². The van der Waals surface area contributed by atoms with E-state index in [9.17, 15) is 0 Å². The molecule has 1 aromatic heterocycles. The molecule has 21 heavy (non-hydrogen) atoms. The van der Waals surface area contributed by atoms with Gasteiger partial charge in [0.15, 0.2) is 0 Å². The van der Waals surface area contributed by atoms with Crippen molar-refractivity contribution in [1.82, 2.24) is 10.2 Å². The van der Waals surface area contributed by atoms with Gasteiger partial charge in [0.25, 0.3) is 0 Å². The van der Waals surface area contributed by atoms with E-state index in [1.165, 1.54) is 19.3 Å². The normalized spacial score (nSPS) is 35.5. The van der Waals surface area contributed by atoms with Crippen LogP contribution in [0.25, 0.3) is 0 Å². The van der Waals surface area contributed by atoms with E-state index in [1.807, 2.05) is 6.07 Å². The Morgan fingerprint density at radius 3 is 2.67 bits per heavy atom. The molecule has 1 N–H and O–H groups in total. The first-order valence-corrected chi connectivity index (χ1v) is 8.28. The predicted molar refractivity (Wildman–Crippen MR) is 86.2 cm³/mol. The van der Waals surface area contributed by atoms with Crippen LogP contribution in [0.15, 0.2) is 22.8 Å². The summed E-state index contributed by atoms with van der Waals surface area (Å²) in [7, 11) is 4.26. The van der Waals surface area contributed by atoms with Crippen LogP contribution in [0.1, 0.15) is 51.8 Å². The summed E-state index contributed by atoms with van der Waals surface area (Å²) < 4.78 is 5.63.